The third-order valence-electron chi connectivity index (χ3n) is 2.76. The van der Waals surface area contributed by atoms with Crippen LogP contribution in [0.3, 0.4) is 0 Å². The largest absolute Gasteiger partial charge is 0.389 e. The predicted octanol–water partition coefficient (Wildman–Crippen LogP) is 1.90. The van der Waals surface area contributed by atoms with Crippen LogP contribution >= 0.6 is 12.2 Å². The van der Waals surface area contributed by atoms with Crippen molar-refractivity contribution in [2.45, 2.75) is 32.6 Å². The van der Waals surface area contributed by atoms with Crippen molar-refractivity contribution in [2.24, 2.45) is 5.73 Å². The molecule has 0 unspecified atom stereocenters. The van der Waals surface area contributed by atoms with E-state index in [0.717, 1.165) is 24.1 Å². The first-order valence-electron chi connectivity index (χ1n) is 4.97. The van der Waals surface area contributed by atoms with Gasteiger partial charge in [0.1, 0.15) is 4.99 Å². The fraction of sp³-hybridized carbons (Fsp3) is 0.455. The van der Waals surface area contributed by atoms with Crippen molar-refractivity contribution in [3.63, 3.8) is 0 Å². The second-order valence-corrected chi connectivity index (χ2v) is 4.24. The Morgan fingerprint density at radius 1 is 1.43 bits per heavy atom. The van der Waals surface area contributed by atoms with Crippen LogP contribution in [0.4, 0.5) is 0 Å². The SMILES string of the molecule is Cc1nc2c(cc1C(N)=S)CCCC2. The zero-order valence-corrected chi connectivity index (χ0v) is 9.16. The summed E-state index contributed by atoms with van der Waals surface area (Å²) in [7, 11) is 0. The van der Waals surface area contributed by atoms with E-state index in [9.17, 15) is 0 Å². The minimum atomic E-state index is 0.461. The molecule has 1 aliphatic rings. The van der Waals surface area contributed by atoms with Gasteiger partial charge < -0.3 is 5.73 Å². The predicted molar refractivity (Wildman–Crippen MR) is 61.5 cm³/mol. The molecule has 1 heterocycles. The molecule has 0 aliphatic heterocycles. The van der Waals surface area contributed by atoms with Crippen LogP contribution in [-0.2, 0) is 12.8 Å². The molecule has 3 heteroatoms. The lowest BCUT2D eigenvalue weighted by Gasteiger charge is -2.16. The molecule has 1 aromatic heterocycles. The monoisotopic (exact) mass is 206 g/mol. The summed E-state index contributed by atoms with van der Waals surface area (Å²) < 4.78 is 0. The fourth-order valence-corrected chi connectivity index (χ4v) is 2.19. The maximum Gasteiger partial charge on any atom is 0.105 e. The van der Waals surface area contributed by atoms with E-state index in [1.165, 1.54) is 24.1 Å². The molecule has 0 bridgehead atoms. The third kappa shape index (κ3) is 1.64. The van der Waals surface area contributed by atoms with Crippen molar-refractivity contribution >= 4 is 17.2 Å². The smallest absolute Gasteiger partial charge is 0.105 e. The first kappa shape index (κ1) is 9.59. The van der Waals surface area contributed by atoms with E-state index in [4.69, 9.17) is 18.0 Å². The minimum Gasteiger partial charge on any atom is -0.389 e. The molecular formula is C11H14N2S. The van der Waals surface area contributed by atoms with Gasteiger partial charge in [0.25, 0.3) is 0 Å². The summed E-state index contributed by atoms with van der Waals surface area (Å²) in [5.41, 5.74) is 10.1. The Labute approximate surface area is 89.5 Å². The molecule has 2 rings (SSSR count). The summed E-state index contributed by atoms with van der Waals surface area (Å²) in [5, 5.41) is 0. The maximum absolute atomic E-state index is 5.64. The minimum absolute atomic E-state index is 0.461. The zero-order valence-electron chi connectivity index (χ0n) is 8.34. The average Bonchev–Trinajstić information content (AvgIpc) is 2.16. The summed E-state index contributed by atoms with van der Waals surface area (Å²) >= 11 is 4.99. The van der Waals surface area contributed by atoms with Gasteiger partial charge in [-0.15, -0.1) is 0 Å². The first-order chi connectivity index (χ1) is 6.68. The van der Waals surface area contributed by atoms with Crippen LogP contribution in [0.2, 0.25) is 0 Å². The number of fused-ring (bicyclic) bond motifs is 1. The summed E-state index contributed by atoms with van der Waals surface area (Å²) in [6, 6.07) is 2.12. The standard InChI is InChI=1S/C11H14N2S/c1-7-9(11(12)14)6-8-4-2-3-5-10(8)13-7/h6H,2-5H2,1H3,(H2,12,14). The number of aryl methyl sites for hydroxylation is 3. The maximum atomic E-state index is 5.64. The van der Waals surface area contributed by atoms with Gasteiger partial charge in [0.2, 0.25) is 0 Å². The van der Waals surface area contributed by atoms with Crippen molar-refractivity contribution in [3.05, 3.63) is 28.6 Å². The summed E-state index contributed by atoms with van der Waals surface area (Å²) in [5.74, 6) is 0. The third-order valence-corrected chi connectivity index (χ3v) is 2.98. The lowest BCUT2D eigenvalue weighted by atomic mass is 9.94. The van der Waals surface area contributed by atoms with E-state index in [1.54, 1.807) is 0 Å². The summed E-state index contributed by atoms with van der Waals surface area (Å²) in [6.07, 6.45) is 4.74. The van der Waals surface area contributed by atoms with E-state index in [1.807, 2.05) is 6.92 Å². The van der Waals surface area contributed by atoms with Gasteiger partial charge in [-0.05, 0) is 44.2 Å². The molecule has 0 fully saturated rings. The molecule has 0 radical (unpaired) electrons. The van der Waals surface area contributed by atoms with Gasteiger partial charge in [-0.2, -0.15) is 0 Å². The Hall–Kier alpha value is -0.960. The van der Waals surface area contributed by atoms with Gasteiger partial charge in [-0.1, -0.05) is 12.2 Å². The number of hydrogen-bond donors (Lipinski definition) is 1. The van der Waals surface area contributed by atoms with Gasteiger partial charge in [-0.3, -0.25) is 4.98 Å². The van der Waals surface area contributed by atoms with Gasteiger partial charge in [0, 0.05) is 17.0 Å². The quantitative estimate of drug-likeness (QED) is 0.713. The fourth-order valence-electron chi connectivity index (χ4n) is 1.99. The molecule has 14 heavy (non-hydrogen) atoms. The van der Waals surface area contributed by atoms with Crippen molar-refractivity contribution in [1.82, 2.24) is 4.98 Å². The van der Waals surface area contributed by atoms with Crippen molar-refractivity contribution in [2.75, 3.05) is 0 Å². The Bertz CT molecular complexity index is 385. The van der Waals surface area contributed by atoms with E-state index >= 15 is 0 Å². The second kappa shape index (κ2) is 3.65. The van der Waals surface area contributed by atoms with Crippen LogP contribution < -0.4 is 5.73 Å². The Morgan fingerprint density at radius 3 is 2.86 bits per heavy atom. The van der Waals surface area contributed by atoms with Crippen LogP contribution in [0.25, 0.3) is 0 Å². The molecule has 2 N–H and O–H groups in total. The molecule has 0 aromatic carbocycles. The van der Waals surface area contributed by atoms with Gasteiger partial charge >= 0.3 is 0 Å². The molecule has 0 atom stereocenters. The molecular weight excluding hydrogens is 192 g/mol. The molecule has 2 nitrogen and oxygen atoms in total. The Kier molecular flexibility index (Phi) is 2.50. The van der Waals surface area contributed by atoms with Crippen LogP contribution in [0.5, 0.6) is 0 Å². The van der Waals surface area contributed by atoms with Crippen LogP contribution in [0, 0.1) is 6.92 Å². The molecule has 0 saturated heterocycles. The Balaban J connectivity index is 2.50. The highest BCUT2D eigenvalue weighted by Gasteiger charge is 2.13. The molecule has 1 aromatic rings. The molecule has 0 spiro atoms. The normalized spacial score (nSPS) is 14.9. The molecule has 0 saturated carbocycles. The zero-order chi connectivity index (χ0) is 10.1. The van der Waals surface area contributed by atoms with E-state index < -0.39 is 0 Å². The highest BCUT2D eigenvalue weighted by atomic mass is 32.1. The van der Waals surface area contributed by atoms with Gasteiger partial charge in [0.05, 0.1) is 0 Å². The summed E-state index contributed by atoms with van der Waals surface area (Å²) in [4.78, 5) is 5.03. The number of aromatic nitrogens is 1. The highest BCUT2D eigenvalue weighted by molar-refractivity contribution is 7.80. The van der Waals surface area contributed by atoms with E-state index in [2.05, 4.69) is 11.1 Å². The van der Waals surface area contributed by atoms with Crippen LogP contribution in [0.15, 0.2) is 6.07 Å². The number of pyridine rings is 1. The Morgan fingerprint density at radius 2 is 2.14 bits per heavy atom. The number of hydrogen-bond acceptors (Lipinski definition) is 2. The van der Waals surface area contributed by atoms with Crippen LogP contribution in [0.1, 0.15) is 35.4 Å². The summed E-state index contributed by atoms with van der Waals surface area (Å²) in [6.45, 7) is 1.98. The van der Waals surface area contributed by atoms with Gasteiger partial charge in [0.15, 0.2) is 0 Å². The average molecular weight is 206 g/mol. The number of rotatable bonds is 1. The highest BCUT2D eigenvalue weighted by Crippen LogP contribution is 2.21. The second-order valence-electron chi connectivity index (χ2n) is 3.80. The lowest BCUT2D eigenvalue weighted by Crippen LogP contribution is -2.15. The van der Waals surface area contributed by atoms with Crippen molar-refractivity contribution < 1.29 is 0 Å². The molecule has 1 aliphatic carbocycles. The van der Waals surface area contributed by atoms with Crippen molar-refractivity contribution in [1.29, 1.82) is 0 Å². The topological polar surface area (TPSA) is 38.9 Å². The molecule has 0 amide bonds. The first-order valence-corrected chi connectivity index (χ1v) is 5.38. The van der Waals surface area contributed by atoms with Crippen molar-refractivity contribution in [3.8, 4) is 0 Å². The number of thiocarbonyl (C=S) groups is 1. The lowest BCUT2D eigenvalue weighted by molar-refractivity contribution is 0.665. The number of nitrogens with two attached hydrogens (primary N) is 1. The van der Waals surface area contributed by atoms with E-state index in [0.29, 0.717) is 4.99 Å². The van der Waals surface area contributed by atoms with Gasteiger partial charge in [-0.25, -0.2) is 0 Å². The van der Waals surface area contributed by atoms with E-state index in [-0.39, 0.29) is 0 Å². The van der Waals surface area contributed by atoms with Crippen LogP contribution in [-0.4, -0.2) is 9.97 Å². The molecule has 74 valence electrons. The number of nitrogens with zero attached hydrogens (tertiary/aromatic N) is 1.